The smallest absolute Gasteiger partial charge is 0.344 e. The minimum Gasteiger partial charge on any atom is -0.344 e. The van der Waals surface area contributed by atoms with Crippen LogP contribution in [0.2, 0.25) is 0 Å². The molecule has 0 aliphatic carbocycles. The molecule has 13 heavy (non-hydrogen) atoms. The van der Waals surface area contributed by atoms with Gasteiger partial charge in [0.05, 0.1) is 12.7 Å². The number of nitrogens with zero attached hydrogens (tertiary/aromatic N) is 1. The number of hydrogen-bond acceptors (Lipinski definition) is 4. The average Bonchev–Trinajstić information content (AvgIpc) is 1.87. The van der Waals surface area contributed by atoms with E-state index in [9.17, 15) is 4.57 Å². The van der Waals surface area contributed by atoms with E-state index in [-0.39, 0.29) is 12.8 Å². The van der Waals surface area contributed by atoms with E-state index in [2.05, 4.69) is 4.52 Å². The normalized spacial score (nSPS) is 8.85. The molecular formula is C6H17N2O4P. The van der Waals surface area contributed by atoms with Gasteiger partial charge >= 0.3 is 7.82 Å². The number of unbranched alkanes of at least 4 members (excludes halogenated alkanes) is 1. The Kier molecular flexibility index (Phi) is 16.3. The van der Waals surface area contributed by atoms with Gasteiger partial charge in [-0.3, -0.25) is 4.52 Å². The zero-order valence-corrected chi connectivity index (χ0v) is 8.83. The zero-order valence-electron chi connectivity index (χ0n) is 7.93. The molecule has 0 saturated carbocycles. The van der Waals surface area contributed by atoms with Crippen molar-refractivity contribution < 1.29 is 18.9 Å². The lowest BCUT2D eigenvalue weighted by molar-refractivity contribution is 0.194. The summed E-state index contributed by atoms with van der Waals surface area (Å²) < 4.78 is 14.1. The van der Waals surface area contributed by atoms with Gasteiger partial charge in [0.1, 0.15) is 0 Å². The van der Waals surface area contributed by atoms with Crippen molar-refractivity contribution in [2.24, 2.45) is 0 Å². The number of phosphoric ester groups is 1. The van der Waals surface area contributed by atoms with Crippen LogP contribution in [0.1, 0.15) is 26.7 Å². The van der Waals surface area contributed by atoms with Gasteiger partial charge in [0, 0.05) is 6.92 Å². The second kappa shape index (κ2) is 11.6. The third kappa shape index (κ3) is 34.2. The lowest BCUT2D eigenvalue weighted by atomic mass is 10.4. The molecule has 0 atom stereocenters. The molecule has 0 aliphatic rings. The Hall–Kier alpha value is -0.440. The first-order valence-electron chi connectivity index (χ1n) is 3.48. The summed E-state index contributed by atoms with van der Waals surface area (Å²) in [4.78, 5) is 16.3. The molecule has 0 fully saturated rings. The predicted molar refractivity (Wildman–Crippen MR) is 49.2 cm³/mol. The summed E-state index contributed by atoms with van der Waals surface area (Å²) in [7, 11) is -4.20. The Morgan fingerprint density at radius 2 is 1.92 bits per heavy atom. The maximum atomic E-state index is 9.98. The van der Waals surface area contributed by atoms with E-state index < -0.39 is 7.82 Å². The first-order valence-corrected chi connectivity index (χ1v) is 5.01. The molecule has 7 heteroatoms. The second-order valence-corrected chi connectivity index (χ2v) is 3.14. The van der Waals surface area contributed by atoms with Crippen molar-refractivity contribution in [1.82, 2.24) is 6.15 Å². The van der Waals surface area contributed by atoms with Gasteiger partial charge in [-0.2, -0.15) is 5.26 Å². The molecule has 0 rings (SSSR count). The standard InChI is InChI=1S/C4H11O4P.C2H3N.H3N/c1-2-3-4-8-9(5,6)7;1-2-3;/h2-4H2,1H3,(H2,5,6,7);1H3;1H3. The van der Waals surface area contributed by atoms with E-state index in [1.54, 1.807) is 6.07 Å². The van der Waals surface area contributed by atoms with E-state index in [0.29, 0.717) is 6.42 Å². The summed E-state index contributed by atoms with van der Waals surface area (Å²) in [5.74, 6) is 0. The van der Waals surface area contributed by atoms with Gasteiger partial charge in [-0.1, -0.05) is 13.3 Å². The fourth-order valence-electron chi connectivity index (χ4n) is 0.328. The van der Waals surface area contributed by atoms with Crippen LogP contribution < -0.4 is 6.15 Å². The van der Waals surface area contributed by atoms with Gasteiger partial charge in [-0.05, 0) is 6.42 Å². The van der Waals surface area contributed by atoms with Gasteiger partial charge in [0.15, 0.2) is 0 Å². The number of nitriles is 1. The summed E-state index contributed by atoms with van der Waals surface area (Å²) in [5.41, 5.74) is 0. The molecule has 0 aliphatic heterocycles. The van der Waals surface area contributed by atoms with Gasteiger partial charge in [-0.15, -0.1) is 0 Å². The summed E-state index contributed by atoms with van der Waals surface area (Å²) in [6.07, 6.45) is 1.56. The van der Waals surface area contributed by atoms with Gasteiger partial charge in [0.2, 0.25) is 0 Å². The lowest BCUT2D eigenvalue weighted by Gasteiger charge is -2.02. The highest BCUT2D eigenvalue weighted by Gasteiger charge is 2.11. The van der Waals surface area contributed by atoms with Crippen LogP contribution in [0.3, 0.4) is 0 Å². The van der Waals surface area contributed by atoms with E-state index in [4.69, 9.17) is 15.0 Å². The van der Waals surface area contributed by atoms with Crippen LogP contribution in [0.25, 0.3) is 0 Å². The summed E-state index contributed by atoms with van der Waals surface area (Å²) >= 11 is 0. The zero-order chi connectivity index (χ0) is 10.0. The highest BCUT2D eigenvalue weighted by Crippen LogP contribution is 2.35. The molecule has 0 amide bonds. The third-order valence-corrected chi connectivity index (χ3v) is 1.28. The highest BCUT2D eigenvalue weighted by molar-refractivity contribution is 7.46. The molecule has 0 radical (unpaired) electrons. The maximum absolute atomic E-state index is 9.98. The average molecular weight is 212 g/mol. The molecule has 5 N–H and O–H groups in total. The Morgan fingerprint density at radius 3 is 2.15 bits per heavy atom. The second-order valence-electron chi connectivity index (χ2n) is 1.90. The van der Waals surface area contributed by atoms with Crippen molar-refractivity contribution in [3.05, 3.63) is 0 Å². The van der Waals surface area contributed by atoms with Gasteiger partial charge in [-0.25, -0.2) is 4.57 Å². The molecule has 6 nitrogen and oxygen atoms in total. The maximum Gasteiger partial charge on any atom is 0.469 e. The minimum atomic E-state index is -4.20. The molecule has 0 unspecified atom stereocenters. The largest absolute Gasteiger partial charge is 0.469 e. The van der Waals surface area contributed by atoms with E-state index in [1.807, 2.05) is 6.92 Å². The van der Waals surface area contributed by atoms with Crippen LogP contribution in [0.15, 0.2) is 0 Å². The SMILES string of the molecule is CC#N.CCCCOP(=O)(O)O.N. The first kappa shape index (κ1) is 18.4. The van der Waals surface area contributed by atoms with Crippen molar-refractivity contribution in [3.63, 3.8) is 0 Å². The van der Waals surface area contributed by atoms with Crippen LogP contribution in [-0.4, -0.2) is 16.4 Å². The molecule has 0 aromatic heterocycles. The van der Waals surface area contributed by atoms with Crippen molar-refractivity contribution in [2.45, 2.75) is 26.7 Å². The number of hydrogen-bond donors (Lipinski definition) is 3. The summed E-state index contributed by atoms with van der Waals surface area (Å²) in [6.45, 7) is 3.49. The quantitative estimate of drug-likeness (QED) is 0.479. The Bertz CT molecular complexity index is 174. The van der Waals surface area contributed by atoms with E-state index in [0.717, 1.165) is 6.42 Å². The van der Waals surface area contributed by atoms with Crippen LogP contribution in [0.5, 0.6) is 0 Å². The van der Waals surface area contributed by atoms with Crippen LogP contribution in [0, 0.1) is 11.3 Å². The molecule has 0 saturated heterocycles. The lowest BCUT2D eigenvalue weighted by Crippen LogP contribution is -1.90. The van der Waals surface area contributed by atoms with Gasteiger partial charge in [0.25, 0.3) is 0 Å². The van der Waals surface area contributed by atoms with Crippen molar-refractivity contribution in [2.75, 3.05) is 6.61 Å². The highest BCUT2D eigenvalue weighted by atomic mass is 31.2. The minimum absolute atomic E-state index is 0. The van der Waals surface area contributed by atoms with E-state index in [1.165, 1.54) is 6.92 Å². The Balaban J connectivity index is -0.000000220. The Morgan fingerprint density at radius 1 is 1.54 bits per heavy atom. The Labute approximate surface area is 78.3 Å². The number of rotatable bonds is 4. The predicted octanol–water partition coefficient (Wildman–Crippen LogP) is 1.59. The summed E-state index contributed by atoms with van der Waals surface area (Å²) in [5, 5.41) is 7.32. The molecule has 0 bridgehead atoms. The topological polar surface area (TPSA) is 126 Å². The molecule has 80 valence electrons. The molecule has 0 aromatic rings. The van der Waals surface area contributed by atoms with Crippen LogP contribution >= 0.6 is 7.82 Å². The summed E-state index contributed by atoms with van der Waals surface area (Å²) in [6, 6.07) is 1.75. The fourth-order valence-corrected chi connectivity index (χ4v) is 0.695. The molecule has 0 spiro atoms. The fraction of sp³-hybridized carbons (Fsp3) is 0.833. The van der Waals surface area contributed by atoms with Gasteiger partial charge < -0.3 is 15.9 Å². The van der Waals surface area contributed by atoms with Crippen molar-refractivity contribution in [1.29, 1.82) is 5.26 Å². The monoisotopic (exact) mass is 212 g/mol. The number of phosphoric acid groups is 1. The van der Waals surface area contributed by atoms with Crippen LogP contribution in [0.4, 0.5) is 0 Å². The first-order chi connectivity index (χ1) is 5.47. The third-order valence-electron chi connectivity index (χ3n) is 0.757. The van der Waals surface area contributed by atoms with Crippen LogP contribution in [-0.2, 0) is 9.09 Å². The van der Waals surface area contributed by atoms with Crippen molar-refractivity contribution in [3.8, 4) is 6.07 Å². The molecular weight excluding hydrogens is 195 g/mol. The van der Waals surface area contributed by atoms with E-state index >= 15 is 0 Å². The van der Waals surface area contributed by atoms with Crippen molar-refractivity contribution >= 4 is 7.82 Å². The molecule has 0 heterocycles. The molecule has 0 aromatic carbocycles.